The normalized spacial score (nSPS) is 17.5. The summed E-state index contributed by atoms with van der Waals surface area (Å²) in [6.45, 7) is -2.89. The average Bonchev–Trinajstić information content (AvgIpc) is 1.71. The highest BCUT2D eigenvalue weighted by Crippen LogP contribution is 2.44. The van der Waals surface area contributed by atoms with Gasteiger partial charge in [-0.05, 0) is 62.1 Å². The third kappa shape index (κ3) is 32.3. The minimum Gasteiger partial charge on any atom is -0.481 e. The number of amides is 2. The predicted molar refractivity (Wildman–Crippen MR) is 469 cm³/mol. The third-order valence-electron chi connectivity index (χ3n) is 21.5. The minimum atomic E-state index is -5.20. The van der Waals surface area contributed by atoms with Gasteiger partial charge in [-0.2, -0.15) is 13.2 Å². The zero-order valence-electron chi connectivity index (χ0n) is 76.7. The quantitative estimate of drug-likeness (QED) is 0.00777. The Bertz CT molecular complexity index is 5140. The van der Waals surface area contributed by atoms with Crippen molar-refractivity contribution in [2.45, 2.75) is 197 Å². The molecule has 10 rings (SSSR count). The zero-order valence-corrected chi connectivity index (χ0v) is 77.9. The SMILES string of the molecule is CCC(CO)OC(CO)OCC(COC(=O)CCC(=O)NCC(=O)O[C@@]1(CC)C(=O)OCc2c1cc1n(c2=O)Cc2cc3ccccc3nc2-1)OC(CO)OCC(CO)OC(CO)OC.CCC(CO)OC(CO)OCC(COC(=O)CCC(=O)O)OC(CO)OCC(CO)OC(CO)OC.CC[C@]1(OC(=O)CNC(=O)C(F)(F)F)C(=O)OCc2c1cc1n(c2=O)Cc2cc3ccccc3nc2-1.FP. The fraction of sp³-hybridized carbons (Fsp3) is 0.580. The number of rotatable bonds is 56. The van der Waals surface area contributed by atoms with Gasteiger partial charge < -0.3 is 161 Å². The third-order valence-corrected chi connectivity index (χ3v) is 21.5. The number of carbonyl (C=O) groups excluding carboxylic acids is 8. The van der Waals surface area contributed by atoms with Gasteiger partial charge in [0.15, 0.2) is 37.7 Å². The Morgan fingerprint density at radius 3 is 1.14 bits per heavy atom. The van der Waals surface area contributed by atoms with Gasteiger partial charge >= 0.3 is 53.9 Å². The van der Waals surface area contributed by atoms with Crippen molar-refractivity contribution in [3.05, 3.63) is 127 Å². The molecule has 4 aliphatic heterocycles. The van der Waals surface area contributed by atoms with E-state index in [2.05, 4.69) is 10.3 Å². The van der Waals surface area contributed by atoms with E-state index in [9.17, 15) is 116 Å². The van der Waals surface area contributed by atoms with Gasteiger partial charge in [0.2, 0.25) is 17.1 Å². The molecular formula is C88H117F4N6O40P. The fourth-order valence-corrected chi connectivity index (χ4v) is 14.2. The van der Waals surface area contributed by atoms with Crippen LogP contribution in [0.2, 0.25) is 0 Å². The molecule has 0 saturated carbocycles. The number of esters is 6. The van der Waals surface area contributed by atoms with Crippen molar-refractivity contribution >= 4 is 85.0 Å². The first-order valence-corrected chi connectivity index (χ1v) is 44.1. The summed E-state index contributed by atoms with van der Waals surface area (Å²) >= 11 is 0. The number of carbonyl (C=O) groups is 9. The molecule has 0 radical (unpaired) electrons. The molecule has 6 aromatic rings. The number of para-hydroxylation sites is 2. The Morgan fingerprint density at radius 2 is 0.799 bits per heavy atom. The molecule has 51 heteroatoms. The molecule has 8 heterocycles. The van der Waals surface area contributed by atoms with Crippen molar-refractivity contribution in [1.29, 1.82) is 0 Å². The first kappa shape index (κ1) is 116. The van der Waals surface area contributed by atoms with Crippen molar-refractivity contribution in [2.75, 3.05) is 133 Å². The predicted octanol–water partition coefficient (Wildman–Crippen LogP) is -0.111. The number of aliphatic hydroxyl groups excluding tert-OH is 10. The second-order valence-electron chi connectivity index (χ2n) is 30.8. The Balaban J connectivity index is 0.000000302. The highest BCUT2D eigenvalue weighted by Gasteiger charge is 2.53. The molecule has 4 aromatic heterocycles. The van der Waals surface area contributed by atoms with E-state index >= 15 is 0 Å². The highest BCUT2D eigenvalue weighted by molar-refractivity contribution is 7.09. The molecule has 2 amide bonds. The van der Waals surface area contributed by atoms with Crippen LogP contribution in [0.1, 0.15) is 112 Å². The Kier molecular flexibility index (Phi) is 47.9. The maximum Gasteiger partial charge on any atom is 0.471 e. The lowest BCUT2D eigenvalue weighted by atomic mass is 9.85. The van der Waals surface area contributed by atoms with Gasteiger partial charge in [0.1, 0.15) is 63.9 Å². The van der Waals surface area contributed by atoms with Gasteiger partial charge in [0.25, 0.3) is 11.1 Å². The molecule has 15 atom stereocenters. The number of nitrogens with zero attached hydrogens (tertiary/aromatic N) is 4. The number of cyclic esters (lactones) is 2. The summed E-state index contributed by atoms with van der Waals surface area (Å²) in [6, 6.07) is 21.9. The molecule has 0 spiro atoms. The van der Waals surface area contributed by atoms with E-state index in [-0.39, 0.29) is 101 Å². The average molecular weight is 2010 g/mol. The maximum atomic E-state index is 13.8. The number of nitrogens with one attached hydrogen (secondary N) is 2. The lowest BCUT2D eigenvalue weighted by molar-refractivity contribution is -0.252. The van der Waals surface area contributed by atoms with Crippen molar-refractivity contribution in [2.24, 2.45) is 0 Å². The van der Waals surface area contributed by atoms with Gasteiger partial charge in [0, 0.05) is 53.7 Å². The first-order chi connectivity index (χ1) is 66.7. The van der Waals surface area contributed by atoms with Crippen LogP contribution in [0.3, 0.4) is 0 Å². The minimum absolute atomic E-state index is 0.0795. The number of aromatic nitrogens is 4. The second kappa shape index (κ2) is 57.5. The van der Waals surface area contributed by atoms with Gasteiger partial charge in [-0.25, -0.2) is 23.8 Å². The van der Waals surface area contributed by atoms with Crippen LogP contribution in [0.5, 0.6) is 0 Å². The van der Waals surface area contributed by atoms with Gasteiger partial charge in [-0.15, -0.1) is 0 Å². The van der Waals surface area contributed by atoms with Crippen molar-refractivity contribution < 1.29 is 202 Å². The number of hydrogen-bond acceptors (Lipinski definition) is 41. The van der Waals surface area contributed by atoms with Crippen LogP contribution in [-0.2, 0) is 166 Å². The standard InChI is InChI=1S/C43H57N3O19.C24H18F3N3O6.C21H40O15.FH2P/c1-4-27(16-47)62-38(19-50)60-23-29(64-39(20-51)59-21-28(17-48)63-37(18-49)57-3)22-58-35(53)11-10-34(52)44-14-36(54)65-43(5-2)31-13-33-40-26(12-25-8-6-7-9-32(25)45-40)15-46(33)41(55)30(31)24-61-42(43)56;1-2-23(36-18(31)9-28-21(33)24(25,26)27)15-8-17-19-13(7-12-5-3-4-6-16(12)29-19)10-30(17)20(32)14(15)11-35-22(23)34;1-3-14(6-22)34-20(9-25)33-13-16(12-31-18(29)5-4-17(27)28)36-21(10-26)32-11-15(7-23)35-19(8-24)30-2;1-2/h6-9,12-13,27-29,37-39,47-51H,4-5,10-11,14-24H2,1-3H3,(H,44,52);3-8H,2,9-11H2,1H3,(H,28,33);14-16,19-26H,3-13H2,1-2H3,(H,27,28);2H2/t27?,28?,29?,37?,38?,39?,43-;23-;;/m11../s1. The summed E-state index contributed by atoms with van der Waals surface area (Å²) in [6.07, 6.45) is -18.8. The van der Waals surface area contributed by atoms with Crippen LogP contribution in [0.4, 0.5) is 17.4 Å². The molecule has 2 aromatic carbocycles. The number of aliphatic carboxylic acids is 1. The maximum absolute atomic E-state index is 13.8. The van der Waals surface area contributed by atoms with Crippen molar-refractivity contribution in [3.8, 4) is 22.8 Å². The zero-order chi connectivity index (χ0) is 102. The lowest BCUT2D eigenvalue weighted by Crippen LogP contribution is -2.49. The number of methoxy groups -OCH3 is 2. The largest absolute Gasteiger partial charge is 0.481 e. The number of ether oxygens (including phenoxy) is 18. The number of benzene rings is 2. The molecule has 139 heavy (non-hydrogen) atoms. The van der Waals surface area contributed by atoms with Crippen LogP contribution in [0.25, 0.3) is 44.6 Å². The van der Waals surface area contributed by atoms with Crippen LogP contribution < -0.4 is 21.8 Å². The van der Waals surface area contributed by atoms with E-state index in [1.165, 1.54) is 37.1 Å². The number of hydrogen-bond donors (Lipinski definition) is 13. The van der Waals surface area contributed by atoms with Gasteiger partial charge in [-0.1, -0.05) is 64.1 Å². The van der Waals surface area contributed by atoms with Crippen LogP contribution in [0.15, 0.2) is 82.4 Å². The second-order valence-corrected chi connectivity index (χ2v) is 30.8. The first-order valence-electron chi connectivity index (χ1n) is 43.7. The Hall–Kier alpha value is -10.3. The van der Waals surface area contributed by atoms with Gasteiger partial charge in [-0.3, -0.25) is 43.2 Å². The number of aliphatic hydroxyl groups is 10. The fourth-order valence-electron chi connectivity index (χ4n) is 14.2. The molecule has 4 aliphatic rings. The molecule has 0 aliphatic carbocycles. The number of fused-ring (bicyclic) bond motifs is 10. The van der Waals surface area contributed by atoms with Crippen molar-refractivity contribution in [1.82, 2.24) is 29.7 Å². The van der Waals surface area contributed by atoms with Crippen LogP contribution in [-0.4, -0.2) is 342 Å². The number of carboxylic acid groups (broad SMARTS) is 1. The number of pyridine rings is 4. The number of halogens is 4. The summed E-state index contributed by atoms with van der Waals surface area (Å²) < 4.78 is 146. The van der Waals surface area contributed by atoms with E-state index < -0.39 is 261 Å². The summed E-state index contributed by atoms with van der Waals surface area (Å²) in [5.41, 5.74) is 0.470. The number of carboxylic acids is 1. The van der Waals surface area contributed by atoms with E-state index in [1.54, 1.807) is 31.4 Å². The molecule has 0 saturated heterocycles. The molecule has 772 valence electrons. The monoisotopic (exact) mass is 2000 g/mol. The molecule has 0 fully saturated rings. The highest BCUT2D eigenvalue weighted by atomic mass is 31.1. The van der Waals surface area contributed by atoms with E-state index in [0.29, 0.717) is 46.7 Å². The van der Waals surface area contributed by atoms with Crippen molar-refractivity contribution in [3.63, 3.8) is 0 Å². The van der Waals surface area contributed by atoms with Crippen LogP contribution in [0, 0.1) is 0 Å². The molecule has 13 N–H and O–H groups in total. The summed E-state index contributed by atoms with van der Waals surface area (Å²) in [4.78, 5) is 148. The Labute approximate surface area is 793 Å². The van der Waals surface area contributed by atoms with Crippen LogP contribution >= 0.6 is 9.55 Å². The topological polar surface area (TPSA) is 636 Å². The lowest BCUT2D eigenvalue weighted by Gasteiger charge is -2.35. The molecular weight excluding hydrogens is 1890 g/mol. The van der Waals surface area contributed by atoms with E-state index in [4.69, 9.17) is 100 Å². The summed E-state index contributed by atoms with van der Waals surface area (Å²) in [7, 11) is 3.50. The van der Waals surface area contributed by atoms with Gasteiger partial charge in [0.05, 0.1) is 192 Å². The van der Waals surface area contributed by atoms with E-state index in [1.807, 2.05) is 60.7 Å². The Morgan fingerprint density at radius 1 is 0.453 bits per heavy atom. The summed E-state index contributed by atoms with van der Waals surface area (Å²) in [5, 5.41) is 109. The number of alkyl halides is 3. The molecule has 13 unspecified atom stereocenters. The van der Waals surface area contributed by atoms with E-state index in [0.717, 1.165) is 31.4 Å². The summed E-state index contributed by atoms with van der Waals surface area (Å²) in [5.74, 6) is -10.1. The smallest absolute Gasteiger partial charge is 0.471 e. The molecule has 46 nitrogen and oxygen atoms in total. The molecule has 0 bridgehead atoms.